The Bertz CT molecular complexity index is 1130. The van der Waals surface area contributed by atoms with Crippen molar-refractivity contribution in [1.29, 1.82) is 0 Å². The second kappa shape index (κ2) is 8.61. The lowest BCUT2D eigenvalue weighted by molar-refractivity contribution is -0.228. The Morgan fingerprint density at radius 1 is 1.22 bits per heavy atom. The molecule has 204 valence electrons. The highest BCUT2D eigenvalue weighted by molar-refractivity contribution is 6.04. The first kappa shape index (κ1) is 27.7. The van der Waals surface area contributed by atoms with Crippen LogP contribution in [0.3, 0.4) is 0 Å². The molecular formula is C29H40O8. The fourth-order valence-electron chi connectivity index (χ4n) is 7.43. The summed E-state index contributed by atoms with van der Waals surface area (Å²) < 4.78 is 12.3. The molecule has 3 N–H and O–H groups in total. The molecule has 0 saturated heterocycles. The molecule has 2 fully saturated rings. The van der Waals surface area contributed by atoms with E-state index in [-0.39, 0.29) is 6.42 Å². The zero-order chi connectivity index (χ0) is 27.9. The topological polar surface area (TPSA) is 130 Å². The van der Waals surface area contributed by atoms with Gasteiger partial charge < -0.3 is 24.8 Å². The molecule has 37 heavy (non-hydrogen) atoms. The van der Waals surface area contributed by atoms with E-state index in [9.17, 15) is 29.7 Å². The van der Waals surface area contributed by atoms with Gasteiger partial charge >= 0.3 is 11.9 Å². The van der Waals surface area contributed by atoms with Crippen LogP contribution < -0.4 is 0 Å². The van der Waals surface area contributed by atoms with Crippen LogP contribution in [0.1, 0.15) is 61.8 Å². The summed E-state index contributed by atoms with van der Waals surface area (Å²) in [6.45, 7) is 13.5. The van der Waals surface area contributed by atoms with Crippen LogP contribution in [0.25, 0.3) is 0 Å². The lowest BCUT2D eigenvalue weighted by atomic mass is 9.59. The summed E-state index contributed by atoms with van der Waals surface area (Å²) in [6, 6.07) is 0. The molecule has 0 aliphatic heterocycles. The molecule has 2 saturated carbocycles. The first-order valence-electron chi connectivity index (χ1n) is 13.1. The largest absolute Gasteiger partial charge is 0.454 e. The van der Waals surface area contributed by atoms with E-state index in [4.69, 9.17) is 9.47 Å². The number of Topliss-reactive ketones (excluding diaryl/α,β-unsaturated/α-hetero) is 1. The van der Waals surface area contributed by atoms with E-state index in [0.29, 0.717) is 16.7 Å². The Hall–Kier alpha value is -2.29. The number of allylic oxidation sites excluding steroid dienone is 1. The van der Waals surface area contributed by atoms with Crippen molar-refractivity contribution in [1.82, 2.24) is 0 Å². The maximum Gasteiger partial charge on any atom is 0.333 e. The number of esters is 2. The van der Waals surface area contributed by atoms with Gasteiger partial charge in [-0.15, -0.1) is 0 Å². The van der Waals surface area contributed by atoms with Crippen LogP contribution in [-0.4, -0.2) is 62.6 Å². The third-order valence-electron chi connectivity index (χ3n) is 9.69. The molecule has 8 heteroatoms. The molecule has 0 aromatic rings. The fourth-order valence-corrected chi connectivity index (χ4v) is 7.43. The van der Waals surface area contributed by atoms with Gasteiger partial charge in [-0.25, -0.2) is 4.79 Å². The van der Waals surface area contributed by atoms with Crippen LogP contribution in [0.15, 0.2) is 34.9 Å². The van der Waals surface area contributed by atoms with Gasteiger partial charge in [0, 0.05) is 41.1 Å². The molecule has 0 aromatic heterocycles. The summed E-state index contributed by atoms with van der Waals surface area (Å²) in [5, 5.41) is 34.6. The Labute approximate surface area is 218 Å². The van der Waals surface area contributed by atoms with E-state index in [0.717, 1.165) is 0 Å². The van der Waals surface area contributed by atoms with E-state index >= 15 is 0 Å². The molecule has 0 aromatic carbocycles. The molecule has 0 bridgehead atoms. The lowest BCUT2D eigenvalue weighted by Crippen LogP contribution is -2.66. The van der Waals surface area contributed by atoms with Gasteiger partial charge in [0.2, 0.25) is 0 Å². The first-order valence-corrected chi connectivity index (χ1v) is 13.1. The van der Waals surface area contributed by atoms with Crippen molar-refractivity contribution >= 4 is 17.7 Å². The lowest BCUT2D eigenvalue weighted by Gasteiger charge is -2.53. The van der Waals surface area contributed by atoms with Crippen molar-refractivity contribution in [2.24, 2.45) is 35.0 Å². The summed E-state index contributed by atoms with van der Waals surface area (Å²) >= 11 is 0. The number of carbonyl (C=O) groups is 3. The van der Waals surface area contributed by atoms with E-state index in [1.165, 1.54) is 0 Å². The number of hydrogen-bond acceptors (Lipinski definition) is 8. The summed E-state index contributed by atoms with van der Waals surface area (Å²) in [4.78, 5) is 39.3. The quantitative estimate of drug-likeness (QED) is 0.289. The molecule has 0 spiro atoms. The van der Waals surface area contributed by atoms with Crippen LogP contribution in [0, 0.1) is 35.0 Å². The third kappa shape index (κ3) is 3.48. The molecule has 4 rings (SSSR count). The average molecular weight is 517 g/mol. The van der Waals surface area contributed by atoms with Crippen molar-refractivity contribution in [2.75, 3.05) is 6.61 Å². The third-order valence-corrected chi connectivity index (χ3v) is 9.69. The van der Waals surface area contributed by atoms with Crippen molar-refractivity contribution in [3.8, 4) is 0 Å². The maximum absolute atomic E-state index is 13.2. The van der Waals surface area contributed by atoms with Crippen LogP contribution in [-0.2, 0) is 23.9 Å². The van der Waals surface area contributed by atoms with E-state index < -0.39 is 82.2 Å². The van der Waals surface area contributed by atoms with Gasteiger partial charge in [-0.1, -0.05) is 52.8 Å². The van der Waals surface area contributed by atoms with E-state index in [2.05, 4.69) is 0 Å². The van der Waals surface area contributed by atoms with Gasteiger partial charge in [0.1, 0.15) is 11.7 Å². The normalized spacial score (nSPS) is 42.1. The second-order valence-corrected chi connectivity index (χ2v) is 12.3. The summed E-state index contributed by atoms with van der Waals surface area (Å²) in [5.41, 5.74) is -4.51. The number of ketones is 1. The smallest absolute Gasteiger partial charge is 0.333 e. The first-order chi connectivity index (χ1) is 17.0. The number of fused-ring (bicyclic) bond motifs is 5. The molecule has 8 atom stereocenters. The predicted octanol–water partition coefficient (Wildman–Crippen LogP) is 2.65. The zero-order valence-corrected chi connectivity index (χ0v) is 23.0. The minimum atomic E-state index is -1.95. The highest BCUT2D eigenvalue weighted by Crippen LogP contribution is 2.77. The summed E-state index contributed by atoms with van der Waals surface area (Å²) in [7, 11) is 0. The molecule has 0 heterocycles. The van der Waals surface area contributed by atoms with Gasteiger partial charge in [0.25, 0.3) is 0 Å². The summed E-state index contributed by atoms with van der Waals surface area (Å²) in [6.07, 6.45) is 3.81. The average Bonchev–Trinajstić information content (AvgIpc) is 3.26. The maximum atomic E-state index is 13.2. The molecule has 8 nitrogen and oxygen atoms in total. The van der Waals surface area contributed by atoms with Crippen LogP contribution in [0.2, 0.25) is 0 Å². The zero-order valence-electron chi connectivity index (χ0n) is 23.0. The predicted molar refractivity (Wildman–Crippen MR) is 135 cm³/mol. The molecular weight excluding hydrogens is 476 g/mol. The van der Waals surface area contributed by atoms with Crippen molar-refractivity contribution < 1.29 is 39.2 Å². The number of ether oxygens (including phenoxy) is 2. The van der Waals surface area contributed by atoms with Gasteiger partial charge in [-0.05, 0) is 31.9 Å². The van der Waals surface area contributed by atoms with Crippen molar-refractivity contribution in [3.63, 3.8) is 0 Å². The highest BCUT2D eigenvalue weighted by atomic mass is 16.6. The van der Waals surface area contributed by atoms with Crippen LogP contribution >= 0.6 is 0 Å². The minimum absolute atomic E-state index is 0.125. The monoisotopic (exact) mass is 516 g/mol. The van der Waals surface area contributed by atoms with Crippen LogP contribution in [0.5, 0.6) is 0 Å². The number of aliphatic hydroxyl groups is 3. The number of carbonyl (C=O) groups excluding carboxylic acids is 3. The molecule has 0 radical (unpaired) electrons. The van der Waals surface area contributed by atoms with E-state index in [1.807, 2.05) is 13.8 Å². The van der Waals surface area contributed by atoms with Gasteiger partial charge in [0.05, 0.1) is 18.1 Å². The number of aliphatic hydroxyl groups excluding tert-OH is 1. The van der Waals surface area contributed by atoms with E-state index in [1.54, 1.807) is 59.8 Å². The van der Waals surface area contributed by atoms with Gasteiger partial charge in [0.15, 0.2) is 11.4 Å². The fraction of sp³-hybridized carbons (Fsp3) is 0.690. The van der Waals surface area contributed by atoms with Gasteiger partial charge in [-0.3, -0.25) is 9.59 Å². The number of hydrogen-bond donors (Lipinski definition) is 3. The Morgan fingerprint density at radius 2 is 1.84 bits per heavy atom. The highest BCUT2D eigenvalue weighted by Gasteiger charge is 2.88. The molecule has 4 aliphatic carbocycles. The summed E-state index contributed by atoms with van der Waals surface area (Å²) in [5.74, 6) is -5.00. The Kier molecular flexibility index (Phi) is 6.46. The van der Waals surface area contributed by atoms with Crippen molar-refractivity contribution in [2.45, 2.75) is 84.7 Å². The Balaban J connectivity index is 1.96. The standard InChI is InChI=1S/C29H40O8/c1-9-15(4)25(33)36-23-17(6)28(35)19(21-26(7,8)29(21,23)37-24(32)14(2)3)11-18(13-30)12-27(34)20(28)10-16(5)22(27)31/h9-11,14,17,19-21,23,30,34-35H,12-13H2,1-8H3/t17-,19+,20-,21-,23-,27-,28-,29-/m1/s1. The van der Waals surface area contributed by atoms with Crippen molar-refractivity contribution in [3.05, 3.63) is 34.9 Å². The second-order valence-electron chi connectivity index (χ2n) is 12.3. The molecule has 0 unspecified atom stereocenters. The molecule has 0 amide bonds. The molecule has 4 aliphatic rings. The minimum Gasteiger partial charge on any atom is -0.454 e. The van der Waals surface area contributed by atoms with Gasteiger partial charge in [-0.2, -0.15) is 0 Å². The number of rotatable bonds is 5. The SMILES string of the molecule is CC=C(C)C(=O)O[C@@H]1[C@@H](C)[C@@]2(O)[C@@H](C=C(CO)C[C@]3(O)C(=O)C(C)=C[C@@H]23)[C@@H]2C(C)(C)[C@]12OC(=O)C(C)C. The Morgan fingerprint density at radius 3 is 2.38 bits per heavy atom. The van der Waals surface area contributed by atoms with Crippen LogP contribution in [0.4, 0.5) is 0 Å².